The van der Waals surface area contributed by atoms with E-state index in [1.807, 2.05) is 12.1 Å². The number of pyridine rings is 2. The van der Waals surface area contributed by atoms with Crippen LogP contribution in [0.4, 0.5) is 0 Å². The van der Waals surface area contributed by atoms with E-state index in [1.165, 1.54) is 17.3 Å². The fourth-order valence-electron chi connectivity index (χ4n) is 3.36. The largest absolute Gasteiger partial charge is 0.487 e. The minimum absolute atomic E-state index is 0.366. The smallest absolute Gasteiger partial charge is 0.220 e. The SMILES string of the molecule is COCCOc1cc(C=O)c(OCC2=C(c3cccnc3OC)CCCC2)cn1. The molecular formula is C22H26N2O5. The average Bonchev–Trinajstić information content (AvgIpc) is 2.78. The first-order valence-corrected chi connectivity index (χ1v) is 9.66. The number of methoxy groups -OCH3 is 2. The summed E-state index contributed by atoms with van der Waals surface area (Å²) in [5, 5.41) is 0. The quantitative estimate of drug-likeness (QED) is 0.446. The normalized spacial score (nSPS) is 13.9. The zero-order valence-corrected chi connectivity index (χ0v) is 16.8. The highest BCUT2D eigenvalue weighted by Gasteiger charge is 2.19. The van der Waals surface area contributed by atoms with Crippen molar-refractivity contribution in [1.82, 2.24) is 9.97 Å². The molecule has 0 amide bonds. The van der Waals surface area contributed by atoms with Gasteiger partial charge < -0.3 is 18.9 Å². The van der Waals surface area contributed by atoms with Crippen LogP contribution in [0.3, 0.4) is 0 Å². The van der Waals surface area contributed by atoms with Crippen LogP contribution in [-0.2, 0) is 4.74 Å². The van der Waals surface area contributed by atoms with Gasteiger partial charge in [0.15, 0.2) is 6.29 Å². The van der Waals surface area contributed by atoms with Crippen LogP contribution in [0.15, 0.2) is 36.2 Å². The molecule has 0 aliphatic heterocycles. The highest BCUT2D eigenvalue weighted by Crippen LogP contribution is 2.36. The van der Waals surface area contributed by atoms with E-state index in [0.717, 1.165) is 37.5 Å². The molecule has 2 aromatic rings. The summed E-state index contributed by atoms with van der Waals surface area (Å²) in [4.78, 5) is 20.0. The van der Waals surface area contributed by atoms with Gasteiger partial charge in [-0.25, -0.2) is 9.97 Å². The molecule has 29 heavy (non-hydrogen) atoms. The predicted molar refractivity (Wildman–Crippen MR) is 109 cm³/mol. The van der Waals surface area contributed by atoms with Crippen molar-refractivity contribution in [2.75, 3.05) is 34.0 Å². The maximum atomic E-state index is 11.5. The summed E-state index contributed by atoms with van der Waals surface area (Å²) in [5.41, 5.74) is 3.81. The lowest BCUT2D eigenvalue weighted by atomic mass is 9.88. The summed E-state index contributed by atoms with van der Waals surface area (Å²) in [6.45, 7) is 1.20. The third-order valence-corrected chi connectivity index (χ3v) is 4.81. The molecule has 0 aromatic carbocycles. The number of ether oxygens (including phenoxy) is 4. The molecule has 0 spiro atoms. The van der Waals surface area contributed by atoms with E-state index in [-0.39, 0.29) is 0 Å². The van der Waals surface area contributed by atoms with Crippen molar-refractivity contribution in [2.45, 2.75) is 25.7 Å². The van der Waals surface area contributed by atoms with Gasteiger partial charge in [0.05, 0.1) is 25.5 Å². The van der Waals surface area contributed by atoms with Gasteiger partial charge in [-0.3, -0.25) is 4.79 Å². The Morgan fingerprint density at radius 3 is 2.76 bits per heavy atom. The topological polar surface area (TPSA) is 79.8 Å². The lowest BCUT2D eigenvalue weighted by molar-refractivity contribution is 0.111. The van der Waals surface area contributed by atoms with Crippen LogP contribution in [0.2, 0.25) is 0 Å². The molecule has 154 valence electrons. The van der Waals surface area contributed by atoms with E-state index < -0.39 is 0 Å². The molecule has 1 aliphatic rings. The fraction of sp³-hybridized carbons (Fsp3) is 0.409. The number of carbonyl (C=O) groups excluding carboxylic acids is 1. The lowest BCUT2D eigenvalue weighted by Crippen LogP contribution is -2.11. The molecule has 0 fully saturated rings. The molecule has 0 atom stereocenters. The van der Waals surface area contributed by atoms with E-state index >= 15 is 0 Å². The zero-order valence-electron chi connectivity index (χ0n) is 16.8. The summed E-state index contributed by atoms with van der Waals surface area (Å²) in [7, 11) is 3.23. The molecule has 0 unspecified atom stereocenters. The molecule has 3 rings (SSSR count). The first-order chi connectivity index (χ1) is 14.3. The number of aromatic nitrogens is 2. The highest BCUT2D eigenvalue weighted by molar-refractivity contribution is 5.79. The van der Waals surface area contributed by atoms with E-state index in [1.54, 1.807) is 26.5 Å². The van der Waals surface area contributed by atoms with Crippen LogP contribution in [0, 0.1) is 0 Å². The van der Waals surface area contributed by atoms with E-state index in [2.05, 4.69) is 9.97 Å². The number of aldehydes is 1. The second-order valence-corrected chi connectivity index (χ2v) is 6.66. The Morgan fingerprint density at radius 1 is 1.10 bits per heavy atom. The van der Waals surface area contributed by atoms with E-state index in [9.17, 15) is 4.79 Å². The number of hydrogen-bond donors (Lipinski definition) is 0. The molecule has 0 bridgehead atoms. The fourth-order valence-corrected chi connectivity index (χ4v) is 3.36. The number of allylic oxidation sites excluding steroid dienone is 1. The number of carbonyl (C=O) groups is 1. The van der Waals surface area contributed by atoms with Crippen LogP contribution in [0.5, 0.6) is 17.5 Å². The van der Waals surface area contributed by atoms with Crippen LogP contribution < -0.4 is 14.2 Å². The van der Waals surface area contributed by atoms with Crippen LogP contribution in [-0.4, -0.2) is 50.3 Å². The van der Waals surface area contributed by atoms with Gasteiger partial charge in [0.2, 0.25) is 11.8 Å². The van der Waals surface area contributed by atoms with Gasteiger partial charge in [0.1, 0.15) is 19.0 Å². The Labute approximate surface area is 170 Å². The Hall–Kier alpha value is -2.93. The maximum Gasteiger partial charge on any atom is 0.220 e. The van der Waals surface area contributed by atoms with Gasteiger partial charge in [0.25, 0.3) is 0 Å². The van der Waals surface area contributed by atoms with Crippen molar-refractivity contribution in [2.24, 2.45) is 0 Å². The molecule has 1 aliphatic carbocycles. The average molecular weight is 398 g/mol. The second-order valence-electron chi connectivity index (χ2n) is 6.66. The zero-order chi connectivity index (χ0) is 20.5. The van der Waals surface area contributed by atoms with Gasteiger partial charge in [-0.15, -0.1) is 0 Å². The summed E-state index contributed by atoms with van der Waals surface area (Å²) in [5.74, 6) is 1.43. The third kappa shape index (κ3) is 5.32. The van der Waals surface area contributed by atoms with E-state index in [4.69, 9.17) is 18.9 Å². The van der Waals surface area contributed by atoms with Crippen molar-refractivity contribution in [3.63, 3.8) is 0 Å². The molecular weight excluding hydrogens is 372 g/mol. The summed E-state index contributed by atoms with van der Waals surface area (Å²) >= 11 is 0. The van der Waals surface area contributed by atoms with Crippen LogP contribution >= 0.6 is 0 Å². The standard InChI is InChI=1S/C22H26N2O5/c1-26-10-11-28-21-12-17(14-25)20(13-24-21)29-15-16-6-3-4-7-18(16)19-8-5-9-23-22(19)27-2/h5,8-9,12-14H,3-4,6-7,10-11,15H2,1-2H3. The summed E-state index contributed by atoms with van der Waals surface area (Å²) in [6, 6.07) is 5.52. The van der Waals surface area contributed by atoms with Gasteiger partial charge >= 0.3 is 0 Å². The first-order valence-electron chi connectivity index (χ1n) is 9.66. The van der Waals surface area contributed by atoms with E-state index in [0.29, 0.717) is 42.9 Å². The molecule has 2 heterocycles. The monoisotopic (exact) mass is 398 g/mol. The first kappa shape index (κ1) is 20.8. The summed E-state index contributed by atoms with van der Waals surface area (Å²) < 4.78 is 21.8. The molecule has 0 N–H and O–H groups in total. The molecule has 2 aromatic heterocycles. The Morgan fingerprint density at radius 2 is 1.97 bits per heavy atom. The van der Waals surface area contributed by atoms with Crippen molar-refractivity contribution < 1.29 is 23.7 Å². The molecule has 0 saturated heterocycles. The number of nitrogens with zero attached hydrogens (tertiary/aromatic N) is 2. The molecule has 7 nitrogen and oxygen atoms in total. The van der Waals surface area contributed by atoms with Crippen LogP contribution in [0.25, 0.3) is 5.57 Å². The van der Waals surface area contributed by atoms with Crippen LogP contribution in [0.1, 0.15) is 41.6 Å². The number of rotatable bonds is 10. The lowest BCUT2D eigenvalue weighted by Gasteiger charge is -2.22. The van der Waals surface area contributed by atoms with Crippen molar-refractivity contribution in [3.8, 4) is 17.5 Å². The Bertz CT molecular complexity index is 866. The minimum atomic E-state index is 0.366. The van der Waals surface area contributed by atoms with Crippen molar-refractivity contribution >= 4 is 11.9 Å². The molecule has 7 heteroatoms. The molecule has 0 saturated carbocycles. The van der Waals surface area contributed by atoms with Gasteiger partial charge in [-0.1, -0.05) is 0 Å². The third-order valence-electron chi connectivity index (χ3n) is 4.81. The summed E-state index contributed by atoms with van der Waals surface area (Å²) in [6.07, 6.45) is 8.11. The van der Waals surface area contributed by atoms with Crippen molar-refractivity contribution in [1.29, 1.82) is 0 Å². The second kappa shape index (κ2) is 10.6. The Kier molecular flexibility index (Phi) is 7.58. The number of hydrogen-bond acceptors (Lipinski definition) is 7. The predicted octanol–water partition coefficient (Wildman–Crippen LogP) is 3.73. The van der Waals surface area contributed by atoms with Gasteiger partial charge in [0, 0.05) is 24.9 Å². The van der Waals surface area contributed by atoms with Gasteiger partial charge in [-0.2, -0.15) is 0 Å². The Balaban J connectivity index is 1.78. The maximum absolute atomic E-state index is 11.5. The van der Waals surface area contributed by atoms with Crippen molar-refractivity contribution in [3.05, 3.63) is 47.3 Å². The van der Waals surface area contributed by atoms with Gasteiger partial charge in [-0.05, 0) is 49.0 Å². The molecule has 0 radical (unpaired) electrons. The highest BCUT2D eigenvalue weighted by atomic mass is 16.5. The minimum Gasteiger partial charge on any atom is -0.487 e.